The summed E-state index contributed by atoms with van der Waals surface area (Å²) in [5.41, 5.74) is 0.161. The summed E-state index contributed by atoms with van der Waals surface area (Å²) in [6.45, 7) is 9.64. The molecule has 0 aliphatic carbocycles. The number of morpholine rings is 1. The molecule has 112 valence electrons. The zero-order valence-corrected chi connectivity index (χ0v) is 12.7. The molecule has 0 radical (unpaired) electrons. The van der Waals surface area contributed by atoms with Crippen LogP contribution in [-0.2, 0) is 14.3 Å². The molecule has 1 aliphatic rings. The predicted octanol–water partition coefficient (Wildman–Crippen LogP) is 1.03. The molecule has 1 N–H and O–H groups in total. The molecule has 0 spiro atoms. The number of hydrogen-bond donors (Lipinski definition) is 1. The van der Waals surface area contributed by atoms with E-state index >= 15 is 0 Å². The molecule has 1 amide bonds. The maximum absolute atomic E-state index is 11.7. The van der Waals surface area contributed by atoms with E-state index in [1.165, 1.54) is 0 Å². The van der Waals surface area contributed by atoms with Crippen molar-refractivity contribution in [3.63, 3.8) is 0 Å². The van der Waals surface area contributed by atoms with Crippen molar-refractivity contribution in [1.82, 2.24) is 10.2 Å². The average Bonchev–Trinajstić information content (AvgIpc) is 2.34. The molecule has 0 aromatic carbocycles. The Bertz CT molecular complexity index is 276. The predicted molar refractivity (Wildman–Crippen MR) is 75.2 cm³/mol. The van der Waals surface area contributed by atoms with Crippen LogP contribution in [0.2, 0.25) is 0 Å². The van der Waals surface area contributed by atoms with E-state index in [-0.39, 0.29) is 24.2 Å². The number of amides is 1. The van der Waals surface area contributed by atoms with Crippen LogP contribution in [0.1, 0.15) is 33.6 Å². The number of carbonyl (C=O) groups excluding carboxylic acids is 1. The molecule has 1 aliphatic heterocycles. The van der Waals surface area contributed by atoms with E-state index in [4.69, 9.17) is 9.47 Å². The van der Waals surface area contributed by atoms with Gasteiger partial charge >= 0.3 is 0 Å². The zero-order valence-electron chi connectivity index (χ0n) is 12.7. The highest BCUT2D eigenvalue weighted by atomic mass is 16.5. The molecule has 0 saturated carbocycles. The summed E-state index contributed by atoms with van der Waals surface area (Å²) in [6.07, 6.45) is 2.21. The monoisotopic (exact) mass is 272 g/mol. The molecule has 0 aromatic rings. The van der Waals surface area contributed by atoms with Crippen LogP contribution in [0.15, 0.2) is 0 Å². The molecule has 1 fully saturated rings. The normalized spacial score (nSPS) is 20.6. The first-order valence-electron chi connectivity index (χ1n) is 7.06. The lowest BCUT2D eigenvalue weighted by Crippen LogP contribution is -2.47. The summed E-state index contributed by atoms with van der Waals surface area (Å²) in [7, 11) is 1.55. The topological polar surface area (TPSA) is 50.8 Å². The van der Waals surface area contributed by atoms with Crippen molar-refractivity contribution in [3.05, 3.63) is 0 Å². The molecular weight excluding hydrogens is 244 g/mol. The van der Waals surface area contributed by atoms with Crippen molar-refractivity contribution in [2.45, 2.75) is 45.3 Å². The summed E-state index contributed by atoms with van der Waals surface area (Å²) < 4.78 is 10.6. The Morgan fingerprint density at radius 3 is 2.84 bits per heavy atom. The van der Waals surface area contributed by atoms with Crippen LogP contribution in [0, 0.1) is 0 Å². The third-order valence-corrected chi connectivity index (χ3v) is 3.12. The Labute approximate surface area is 116 Å². The first-order chi connectivity index (χ1) is 8.92. The quantitative estimate of drug-likeness (QED) is 0.734. The largest absolute Gasteiger partial charge is 0.375 e. The van der Waals surface area contributed by atoms with Crippen LogP contribution in [-0.4, -0.2) is 62.4 Å². The van der Waals surface area contributed by atoms with Gasteiger partial charge in [0, 0.05) is 25.7 Å². The summed E-state index contributed by atoms with van der Waals surface area (Å²) in [5, 5.41) is 3.46. The molecule has 19 heavy (non-hydrogen) atoms. The summed E-state index contributed by atoms with van der Waals surface area (Å²) in [6, 6.07) is 0. The molecule has 1 rings (SSSR count). The van der Waals surface area contributed by atoms with Crippen molar-refractivity contribution < 1.29 is 14.3 Å². The molecule has 1 saturated heterocycles. The van der Waals surface area contributed by atoms with Gasteiger partial charge in [0.2, 0.25) is 5.91 Å². The van der Waals surface area contributed by atoms with Gasteiger partial charge in [-0.25, -0.2) is 0 Å². The van der Waals surface area contributed by atoms with Gasteiger partial charge in [-0.2, -0.15) is 0 Å². The fourth-order valence-corrected chi connectivity index (χ4v) is 2.13. The van der Waals surface area contributed by atoms with Gasteiger partial charge in [-0.1, -0.05) is 0 Å². The second kappa shape index (κ2) is 7.82. The molecule has 0 bridgehead atoms. The maximum atomic E-state index is 11.7. The van der Waals surface area contributed by atoms with E-state index in [0.29, 0.717) is 19.7 Å². The highest BCUT2D eigenvalue weighted by molar-refractivity contribution is 5.77. The lowest BCUT2D eigenvalue weighted by atomic mass is 10.1. The highest BCUT2D eigenvalue weighted by Gasteiger charge is 2.23. The van der Waals surface area contributed by atoms with E-state index in [2.05, 4.69) is 26.1 Å². The molecule has 1 atom stereocenters. The van der Waals surface area contributed by atoms with Crippen LogP contribution in [0.4, 0.5) is 0 Å². The Morgan fingerprint density at radius 1 is 1.47 bits per heavy atom. The Kier molecular flexibility index (Phi) is 6.75. The van der Waals surface area contributed by atoms with Crippen LogP contribution in [0.25, 0.3) is 0 Å². The van der Waals surface area contributed by atoms with Gasteiger partial charge in [0.05, 0.1) is 12.7 Å². The van der Waals surface area contributed by atoms with Crippen molar-refractivity contribution in [2.24, 2.45) is 0 Å². The smallest absolute Gasteiger partial charge is 0.248 e. The van der Waals surface area contributed by atoms with E-state index in [1.54, 1.807) is 7.11 Å². The van der Waals surface area contributed by atoms with Gasteiger partial charge in [-0.05, 0) is 40.2 Å². The second-order valence-electron chi connectivity index (χ2n) is 6.08. The fourth-order valence-electron chi connectivity index (χ4n) is 2.13. The maximum Gasteiger partial charge on any atom is 0.248 e. The van der Waals surface area contributed by atoms with Gasteiger partial charge in [0.1, 0.15) is 6.61 Å². The number of ether oxygens (including phenoxy) is 2. The third-order valence-electron chi connectivity index (χ3n) is 3.12. The number of hydrogen-bond acceptors (Lipinski definition) is 4. The standard InChI is InChI=1S/C14H28N2O3/c1-14(2,3)15-7-5-6-12-10-16(8-9-19-12)13(17)11-18-4/h12,15H,5-11H2,1-4H3. The Morgan fingerprint density at radius 2 is 2.21 bits per heavy atom. The Balaban J connectivity index is 2.22. The zero-order chi connectivity index (χ0) is 14.3. The van der Waals surface area contributed by atoms with Crippen LogP contribution >= 0.6 is 0 Å². The van der Waals surface area contributed by atoms with E-state index in [0.717, 1.165) is 19.4 Å². The van der Waals surface area contributed by atoms with Crippen molar-refractivity contribution in [2.75, 3.05) is 40.0 Å². The lowest BCUT2D eigenvalue weighted by Gasteiger charge is -2.33. The number of methoxy groups -OCH3 is 1. The van der Waals surface area contributed by atoms with Crippen molar-refractivity contribution in [1.29, 1.82) is 0 Å². The van der Waals surface area contributed by atoms with E-state index in [9.17, 15) is 4.79 Å². The first kappa shape index (κ1) is 16.4. The first-order valence-corrected chi connectivity index (χ1v) is 7.06. The van der Waals surface area contributed by atoms with Crippen molar-refractivity contribution >= 4 is 5.91 Å². The molecule has 1 unspecified atom stereocenters. The van der Waals surface area contributed by atoms with Gasteiger partial charge in [-0.15, -0.1) is 0 Å². The second-order valence-corrected chi connectivity index (χ2v) is 6.08. The Hall–Kier alpha value is -0.650. The minimum atomic E-state index is 0.0589. The average molecular weight is 272 g/mol. The fraction of sp³-hybridized carbons (Fsp3) is 0.929. The summed E-state index contributed by atoms with van der Waals surface area (Å²) in [4.78, 5) is 13.6. The van der Waals surface area contributed by atoms with Gasteiger partial charge < -0.3 is 19.7 Å². The molecule has 5 heteroatoms. The molecule has 5 nitrogen and oxygen atoms in total. The third kappa shape index (κ3) is 6.89. The molecule has 0 aromatic heterocycles. The van der Waals surface area contributed by atoms with Gasteiger partial charge in [-0.3, -0.25) is 4.79 Å². The van der Waals surface area contributed by atoms with Gasteiger partial charge in [0.25, 0.3) is 0 Å². The lowest BCUT2D eigenvalue weighted by molar-refractivity contribution is -0.142. The summed E-state index contributed by atoms with van der Waals surface area (Å²) >= 11 is 0. The number of rotatable bonds is 6. The van der Waals surface area contributed by atoms with Gasteiger partial charge in [0.15, 0.2) is 0 Å². The minimum absolute atomic E-state index is 0.0589. The summed E-state index contributed by atoms with van der Waals surface area (Å²) in [5.74, 6) is 0.0589. The number of carbonyl (C=O) groups is 1. The molecule has 1 heterocycles. The van der Waals surface area contributed by atoms with Crippen LogP contribution in [0.3, 0.4) is 0 Å². The van der Waals surface area contributed by atoms with Crippen LogP contribution in [0.5, 0.6) is 0 Å². The minimum Gasteiger partial charge on any atom is -0.375 e. The highest BCUT2D eigenvalue weighted by Crippen LogP contribution is 2.11. The molecular formula is C14H28N2O3. The SMILES string of the molecule is COCC(=O)N1CCOC(CCCNC(C)(C)C)C1. The van der Waals surface area contributed by atoms with Crippen LogP contribution < -0.4 is 5.32 Å². The van der Waals surface area contributed by atoms with E-state index in [1.807, 2.05) is 4.90 Å². The number of nitrogens with one attached hydrogen (secondary N) is 1. The number of nitrogens with zero attached hydrogens (tertiary/aromatic N) is 1. The van der Waals surface area contributed by atoms with E-state index < -0.39 is 0 Å². The van der Waals surface area contributed by atoms with Crippen molar-refractivity contribution in [3.8, 4) is 0 Å².